The number of hydrogen-bond acceptors (Lipinski definition) is 6. The molecule has 0 saturated carbocycles. The van der Waals surface area contributed by atoms with Gasteiger partial charge in [0.25, 0.3) is 0 Å². The van der Waals surface area contributed by atoms with Gasteiger partial charge < -0.3 is 24.8 Å². The van der Waals surface area contributed by atoms with Crippen molar-refractivity contribution in [1.82, 2.24) is 10.2 Å². The van der Waals surface area contributed by atoms with E-state index in [0.717, 1.165) is 12.0 Å². The molecule has 1 fully saturated rings. The smallest absolute Gasteiger partial charge is 0.306 e. The van der Waals surface area contributed by atoms with E-state index in [1.54, 1.807) is 18.9 Å². The lowest BCUT2D eigenvalue weighted by Crippen LogP contribution is -2.43. The molecule has 1 heterocycles. The van der Waals surface area contributed by atoms with Gasteiger partial charge in [0.05, 0.1) is 25.2 Å². The third-order valence-corrected chi connectivity index (χ3v) is 6.54. The SMILES string of the molecule is CNC(=O)COCCOCCCC(=O)C1CCCN1C(=O)C(C)CC(CCc1ccccc1)C(=O)O. The van der Waals surface area contributed by atoms with Crippen molar-refractivity contribution in [3.8, 4) is 0 Å². The van der Waals surface area contributed by atoms with Gasteiger partial charge in [0, 0.05) is 32.5 Å². The third-order valence-electron chi connectivity index (χ3n) is 6.54. The molecular weight excluding hydrogens is 464 g/mol. The Kier molecular flexibility index (Phi) is 13.1. The largest absolute Gasteiger partial charge is 0.481 e. The summed E-state index contributed by atoms with van der Waals surface area (Å²) in [7, 11) is 1.54. The molecule has 3 unspecified atom stereocenters. The summed E-state index contributed by atoms with van der Waals surface area (Å²) in [6, 6.07) is 9.28. The van der Waals surface area contributed by atoms with E-state index in [0.29, 0.717) is 58.5 Å². The lowest BCUT2D eigenvalue weighted by atomic mass is 9.89. The number of aryl methyl sites for hydroxylation is 1. The second kappa shape index (κ2) is 16.1. The number of amides is 2. The second-order valence-corrected chi connectivity index (χ2v) is 9.29. The number of hydrogen-bond donors (Lipinski definition) is 2. The van der Waals surface area contributed by atoms with Gasteiger partial charge in [-0.3, -0.25) is 19.2 Å². The first-order chi connectivity index (χ1) is 17.3. The maximum atomic E-state index is 13.2. The zero-order valence-electron chi connectivity index (χ0n) is 21.4. The zero-order chi connectivity index (χ0) is 26.3. The summed E-state index contributed by atoms with van der Waals surface area (Å²) in [5.41, 5.74) is 1.08. The van der Waals surface area contributed by atoms with Gasteiger partial charge in [-0.1, -0.05) is 37.3 Å². The highest BCUT2D eigenvalue weighted by molar-refractivity contribution is 5.90. The third kappa shape index (κ3) is 10.1. The number of carboxylic acids is 1. The summed E-state index contributed by atoms with van der Waals surface area (Å²) >= 11 is 0. The number of ketones is 1. The van der Waals surface area contributed by atoms with Crippen molar-refractivity contribution in [3.63, 3.8) is 0 Å². The molecule has 36 heavy (non-hydrogen) atoms. The molecule has 0 aromatic heterocycles. The summed E-state index contributed by atoms with van der Waals surface area (Å²) in [4.78, 5) is 50.5. The molecule has 0 radical (unpaired) electrons. The molecule has 1 saturated heterocycles. The summed E-state index contributed by atoms with van der Waals surface area (Å²) < 4.78 is 10.6. The van der Waals surface area contributed by atoms with Gasteiger partial charge in [-0.25, -0.2) is 0 Å². The number of rotatable bonds is 17. The number of carbonyl (C=O) groups excluding carboxylic acids is 3. The molecule has 9 heteroatoms. The van der Waals surface area contributed by atoms with Crippen molar-refractivity contribution >= 4 is 23.6 Å². The highest BCUT2D eigenvalue weighted by Gasteiger charge is 2.36. The summed E-state index contributed by atoms with van der Waals surface area (Å²) in [5.74, 6) is -2.28. The van der Waals surface area contributed by atoms with E-state index in [1.165, 1.54) is 0 Å². The summed E-state index contributed by atoms with van der Waals surface area (Å²) in [5, 5.41) is 12.2. The minimum Gasteiger partial charge on any atom is -0.481 e. The van der Waals surface area contributed by atoms with Crippen LogP contribution < -0.4 is 5.32 Å². The number of likely N-dealkylation sites (tertiary alicyclic amines) is 1. The molecule has 0 aliphatic carbocycles. The number of carboxylic acid groups (broad SMARTS) is 1. The van der Waals surface area contributed by atoms with Crippen molar-refractivity contribution in [1.29, 1.82) is 0 Å². The Morgan fingerprint density at radius 2 is 1.83 bits per heavy atom. The van der Waals surface area contributed by atoms with Crippen LogP contribution in [0.5, 0.6) is 0 Å². The van der Waals surface area contributed by atoms with Crippen LogP contribution in [0, 0.1) is 11.8 Å². The Balaban J connectivity index is 1.74. The molecule has 2 rings (SSSR count). The number of Topliss-reactive ketones (excluding diaryl/α,β-unsaturated/α-hetero) is 1. The van der Waals surface area contributed by atoms with Crippen LogP contribution in [-0.2, 0) is 35.1 Å². The number of likely N-dealkylation sites (N-methyl/N-ethyl adjacent to an activating group) is 1. The number of aliphatic carboxylic acids is 1. The van der Waals surface area contributed by atoms with Crippen LogP contribution >= 0.6 is 0 Å². The zero-order valence-corrected chi connectivity index (χ0v) is 21.4. The highest BCUT2D eigenvalue weighted by atomic mass is 16.5. The first kappa shape index (κ1) is 29.5. The average Bonchev–Trinajstić information content (AvgIpc) is 3.37. The molecule has 1 aliphatic heterocycles. The fourth-order valence-corrected chi connectivity index (χ4v) is 4.48. The minimum atomic E-state index is -0.890. The lowest BCUT2D eigenvalue weighted by molar-refractivity contribution is -0.145. The van der Waals surface area contributed by atoms with Gasteiger partial charge in [-0.05, 0) is 44.1 Å². The summed E-state index contributed by atoms with van der Waals surface area (Å²) in [6.07, 6.45) is 3.64. The van der Waals surface area contributed by atoms with Crippen LogP contribution in [0.25, 0.3) is 0 Å². The van der Waals surface area contributed by atoms with Crippen LogP contribution in [0.15, 0.2) is 30.3 Å². The Morgan fingerprint density at radius 1 is 1.11 bits per heavy atom. The molecule has 1 aliphatic rings. The highest BCUT2D eigenvalue weighted by Crippen LogP contribution is 2.26. The molecular formula is C27H40N2O7. The molecule has 0 bridgehead atoms. The first-order valence-corrected chi connectivity index (χ1v) is 12.8. The lowest BCUT2D eigenvalue weighted by Gasteiger charge is -2.28. The van der Waals surface area contributed by atoms with Crippen LogP contribution in [0.3, 0.4) is 0 Å². The maximum absolute atomic E-state index is 13.2. The normalized spacial score (nSPS) is 16.9. The first-order valence-electron chi connectivity index (χ1n) is 12.8. The van der Waals surface area contributed by atoms with Crippen LogP contribution in [-0.4, -0.2) is 79.6 Å². The summed E-state index contributed by atoms with van der Waals surface area (Å²) in [6.45, 7) is 3.32. The van der Waals surface area contributed by atoms with Gasteiger partial charge >= 0.3 is 5.97 Å². The van der Waals surface area contributed by atoms with Crippen molar-refractivity contribution in [3.05, 3.63) is 35.9 Å². The van der Waals surface area contributed by atoms with Gasteiger partial charge in [0.2, 0.25) is 11.8 Å². The van der Waals surface area contributed by atoms with Crippen molar-refractivity contribution in [2.24, 2.45) is 11.8 Å². The van der Waals surface area contributed by atoms with E-state index in [4.69, 9.17) is 9.47 Å². The molecule has 1 aromatic rings. The predicted octanol–water partition coefficient (Wildman–Crippen LogP) is 2.47. The second-order valence-electron chi connectivity index (χ2n) is 9.29. The van der Waals surface area contributed by atoms with Crippen molar-refractivity contribution < 1.29 is 33.8 Å². The monoisotopic (exact) mass is 504 g/mol. The molecule has 1 aromatic carbocycles. The van der Waals surface area contributed by atoms with E-state index in [-0.39, 0.29) is 30.6 Å². The Morgan fingerprint density at radius 3 is 2.53 bits per heavy atom. The number of carbonyl (C=O) groups is 4. The van der Waals surface area contributed by atoms with E-state index >= 15 is 0 Å². The maximum Gasteiger partial charge on any atom is 0.306 e. The Bertz CT molecular complexity index is 846. The van der Waals surface area contributed by atoms with Gasteiger partial charge in [0.1, 0.15) is 6.61 Å². The molecule has 200 valence electrons. The fraction of sp³-hybridized carbons (Fsp3) is 0.630. The van der Waals surface area contributed by atoms with Crippen molar-refractivity contribution in [2.45, 2.75) is 57.9 Å². The van der Waals surface area contributed by atoms with Crippen LogP contribution in [0.2, 0.25) is 0 Å². The van der Waals surface area contributed by atoms with E-state index in [1.807, 2.05) is 30.3 Å². The molecule has 2 amide bonds. The average molecular weight is 505 g/mol. The minimum absolute atomic E-state index is 0.0114. The molecule has 0 spiro atoms. The Labute approximate surface area is 213 Å². The van der Waals surface area contributed by atoms with E-state index < -0.39 is 23.8 Å². The molecule has 2 N–H and O–H groups in total. The standard InChI is InChI=1S/C27H40N2O7/c1-20(18-22(27(33)34)13-12-21-8-4-3-5-9-21)26(32)29-14-6-10-23(29)24(30)11-7-15-35-16-17-36-19-25(31)28-2/h3-5,8-9,20,22-23H,6-7,10-19H2,1-2H3,(H,28,31)(H,33,34). The van der Waals surface area contributed by atoms with Crippen LogP contribution in [0.4, 0.5) is 0 Å². The number of benzene rings is 1. The number of ether oxygens (including phenoxy) is 2. The van der Waals surface area contributed by atoms with Crippen LogP contribution in [0.1, 0.15) is 51.0 Å². The predicted molar refractivity (Wildman–Crippen MR) is 134 cm³/mol. The number of nitrogens with one attached hydrogen (secondary N) is 1. The number of nitrogens with zero attached hydrogens (tertiary/aromatic N) is 1. The van der Waals surface area contributed by atoms with E-state index in [9.17, 15) is 24.3 Å². The van der Waals surface area contributed by atoms with Gasteiger partial charge in [-0.2, -0.15) is 0 Å². The van der Waals surface area contributed by atoms with Gasteiger partial charge in [-0.15, -0.1) is 0 Å². The molecule has 9 nitrogen and oxygen atoms in total. The fourth-order valence-electron chi connectivity index (χ4n) is 4.48. The topological polar surface area (TPSA) is 122 Å². The van der Waals surface area contributed by atoms with Crippen molar-refractivity contribution in [2.75, 3.05) is 40.0 Å². The molecule has 3 atom stereocenters. The quantitative estimate of drug-likeness (QED) is 0.313. The van der Waals surface area contributed by atoms with Gasteiger partial charge in [0.15, 0.2) is 5.78 Å². The van der Waals surface area contributed by atoms with E-state index in [2.05, 4.69) is 5.32 Å². The Hall–Kier alpha value is -2.78.